The van der Waals surface area contributed by atoms with Crippen LogP contribution in [0.4, 0.5) is 0 Å². The van der Waals surface area contributed by atoms with Crippen LogP contribution < -0.4 is 10.5 Å². The van der Waals surface area contributed by atoms with Crippen LogP contribution >= 0.6 is 11.8 Å². The van der Waals surface area contributed by atoms with E-state index in [-0.39, 0.29) is 12.1 Å². The van der Waals surface area contributed by atoms with E-state index in [4.69, 9.17) is 10.5 Å². The summed E-state index contributed by atoms with van der Waals surface area (Å²) in [4.78, 5) is 4.24. The van der Waals surface area contributed by atoms with Crippen molar-refractivity contribution in [2.24, 2.45) is 11.7 Å². The monoisotopic (exact) mass is 280 g/mol. The highest BCUT2D eigenvalue weighted by Crippen LogP contribution is 2.30. The molecule has 0 saturated carbocycles. The molecule has 1 aromatic heterocycles. The first kappa shape index (κ1) is 14.7. The molecule has 1 aromatic rings. The topological polar surface area (TPSA) is 48.1 Å². The summed E-state index contributed by atoms with van der Waals surface area (Å²) in [6.45, 7) is 4.04. The number of ether oxygens (including phenoxy) is 1. The second-order valence-electron chi connectivity index (χ2n) is 5.52. The Morgan fingerprint density at radius 3 is 2.79 bits per heavy atom. The van der Waals surface area contributed by atoms with Gasteiger partial charge in [0.15, 0.2) is 0 Å². The molecule has 2 heterocycles. The number of hydrogen-bond donors (Lipinski definition) is 1. The normalized spacial score (nSPS) is 18.5. The average Bonchev–Trinajstić information content (AvgIpc) is 2.39. The maximum absolute atomic E-state index is 6.32. The number of thioether (sulfide) groups is 1. The lowest BCUT2D eigenvalue weighted by Crippen LogP contribution is -2.19. The minimum Gasteiger partial charge on any atom is -0.489 e. The quantitative estimate of drug-likeness (QED) is 0.898. The van der Waals surface area contributed by atoms with E-state index in [0.29, 0.717) is 0 Å². The Morgan fingerprint density at radius 2 is 2.11 bits per heavy atom. The van der Waals surface area contributed by atoms with Crippen molar-refractivity contribution in [3.05, 3.63) is 24.0 Å². The maximum Gasteiger partial charge on any atom is 0.138 e. The Kier molecular flexibility index (Phi) is 5.52. The van der Waals surface area contributed by atoms with E-state index < -0.39 is 0 Å². The molecule has 0 bridgehead atoms. The molecular formula is C15H24N2OS. The van der Waals surface area contributed by atoms with E-state index in [1.165, 1.54) is 24.3 Å². The van der Waals surface area contributed by atoms with Gasteiger partial charge in [-0.15, -0.1) is 0 Å². The van der Waals surface area contributed by atoms with Crippen LogP contribution in [-0.4, -0.2) is 22.6 Å². The van der Waals surface area contributed by atoms with E-state index in [1.807, 2.05) is 26.1 Å². The number of nitrogens with zero attached hydrogens (tertiary/aromatic N) is 1. The molecule has 2 rings (SSSR count). The number of rotatable bonds is 5. The highest BCUT2D eigenvalue weighted by atomic mass is 32.2. The second kappa shape index (κ2) is 7.15. The van der Waals surface area contributed by atoms with Gasteiger partial charge in [0, 0.05) is 12.2 Å². The van der Waals surface area contributed by atoms with Crippen LogP contribution in [0, 0.1) is 5.92 Å². The van der Waals surface area contributed by atoms with Crippen molar-refractivity contribution in [2.75, 3.05) is 11.5 Å². The summed E-state index contributed by atoms with van der Waals surface area (Å²) >= 11 is 2.06. The first-order valence-corrected chi connectivity index (χ1v) is 8.25. The highest BCUT2D eigenvalue weighted by molar-refractivity contribution is 7.99. The van der Waals surface area contributed by atoms with Crippen molar-refractivity contribution < 1.29 is 4.74 Å². The van der Waals surface area contributed by atoms with Gasteiger partial charge in [-0.25, -0.2) is 0 Å². The SMILES string of the molecule is CC(C)Oc1cncc(C(N)CC2CCSCC2)c1. The molecule has 2 N–H and O–H groups in total. The summed E-state index contributed by atoms with van der Waals surface area (Å²) < 4.78 is 5.67. The Hall–Kier alpha value is -0.740. The van der Waals surface area contributed by atoms with Gasteiger partial charge in [0.2, 0.25) is 0 Å². The van der Waals surface area contributed by atoms with Gasteiger partial charge < -0.3 is 10.5 Å². The number of nitrogens with two attached hydrogens (primary N) is 1. The molecule has 0 radical (unpaired) electrons. The fraction of sp³-hybridized carbons (Fsp3) is 0.667. The van der Waals surface area contributed by atoms with Gasteiger partial charge in [0.1, 0.15) is 5.75 Å². The number of aromatic nitrogens is 1. The molecule has 0 amide bonds. The fourth-order valence-corrected chi connectivity index (χ4v) is 3.66. The first-order chi connectivity index (χ1) is 9.15. The number of pyridine rings is 1. The highest BCUT2D eigenvalue weighted by Gasteiger charge is 2.18. The van der Waals surface area contributed by atoms with Crippen LogP contribution in [0.25, 0.3) is 0 Å². The molecule has 1 saturated heterocycles. The zero-order valence-electron chi connectivity index (χ0n) is 11.8. The molecule has 106 valence electrons. The zero-order valence-corrected chi connectivity index (χ0v) is 12.7. The molecule has 1 aliphatic heterocycles. The summed E-state index contributed by atoms with van der Waals surface area (Å²) in [7, 11) is 0. The van der Waals surface area contributed by atoms with E-state index in [2.05, 4.69) is 16.7 Å². The van der Waals surface area contributed by atoms with Crippen molar-refractivity contribution in [3.63, 3.8) is 0 Å². The molecule has 1 aliphatic rings. The fourth-order valence-electron chi connectivity index (χ4n) is 2.45. The first-order valence-electron chi connectivity index (χ1n) is 7.10. The third kappa shape index (κ3) is 4.69. The van der Waals surface area contributed by atoms with Crippen molar-refractivity contribution in [3.8, 4) is 5.75 Å². The Bertz CT molecular complexity index is 391. The average molecular weight is 280 g/mol. The summed E-state index contributed by atoms with van der Waals surface area (Å²) in [5.41, 5.74) is 7.42. The smallest absolute Gasteiger partial charge is 0.138 e. The largest absolute Gasteiger partial charge is 0.489 e. The zero-order chi connectivity index (χ0) is 13.7. The van der Waals surface area contributed by atoms with Crippen LogP contribution in [0.15, 0.2) is 18.5 Å². The Balaban J connectivity index is 1.95. The summed E-state index contributed by atoms with van der Waals surface area (Å²) in [6, 6.07) is 2.12. The van der Waals surface area contributed by atoms with E-state index >= 15 is 0 Å². The van der Waals surface area contributed by atoms with E-state index in [9.17, 15) is 0 Å². The van der Waals surface area contributed by atoms with Crippen molar-refractivity contribution >= 4 is 11.8 Å². The minimum absolute atomic E-state index is 0.0799. The van der Waals surface area contributed by atoms with Crippen LogP contribution in [-0.2, 0) is 0 Å². The Morgan fingerprint density at radius 1 is 1.37 bits per heavy atom. The molecule has 0 spiro atoms. The molecule has 1 unspecified atom stereocenters. The van der Waals surface area contributed by atoms with E-state index in [1.54, 1.807) is 6.20 Å². The van der Waals surface area contributed by atoms with Gasteiger partial charge in [-0.05, 0) is 62.2 Å². The molecule has 0 aliphatic carbocycles. The summed E-state index contributed by atoms with van der Waals surface area (Å²) in [5.74, 6) is 4.16. The van der Waals surface area contributed by atoms with Crippen molar-refractivity contribution in [1.29, 1.82) is 0 Å². The van der Waals surface area contributed by atoms with Gasteiger partial charge >= 0.3 is 0 Å². The van der Waals surface area contributed by atoms with E-state index in [0.717, 1.165) is 23.7 Å². The molecule has 0 aromatic carbocycles. The number of hydrogen-bond acceptors (Lipinski definition) is 4. The lowest BCUT2D eigenvalue weighted by Gasteiger charge is -2.24. The van der Waals surface area contributed by atoms with Gasteiger partial charge in [0.05, 0.1) is 12.3 Å². The maximum atomic E-state index is 6.32. The van der Waals surface area contributed by atoms with Gasteiger partial charge in [-0.3, -0.25) is 4.98 Å². The lowest BCUT2D eigenvalue weighted by atomic mass is 9.92. The minimum atomic E-state index is 0.0799. The van der Waals surface area contributed by atoms with Crippen LogP contribution in [0.1, 0.15) is 44.7 Å². The van der Waals surface area contributed by atoms with Gasteiger partial charge in [0.25, 0.3) is 0 Å². The standard InChI is InChI=1S/C15H24N2OS/c1-11(2)18-14-8-13(9-17-10-14)15(16)7-12-3-5-19-6-4-12/h8-12,15H,3-7,16H2,1-2H3. The van der Waals surface area contributed by atoms with Crippen LogP contribution in [0.5, 0.6) is 5.75 Å². The third-order valence-electron chi connectivity index (χ3n) is 3.46. The lowest BCUT2D eigenvalue weighted by molar-refractivity contribution is 0.241. The molecule has 19 heavy (non-hydrogen) atoms. The Labute approximate surface area is 120 Å². The van der Waals surface area contributed by atoms with Gasteiger partial charge in [-0.1, -0.05) is 0 Å². The van der Waals surface area contributed by atoms with Crippen molar-refractivity contribution in [2.45, 2.75) is 45.3 Å². The summed E-state index contributed by atoms with van der Waals surface area (Å²) in [5, 5.41) is 0. The predicted molar refractivity (Wildman–Crippen MR) is 81.6 cm³/mol. The second-order valence-corrected chi connectivity index (χ2v) is 6.74. The van der Waals surface area contributed by atoms with Gasteiger partial charge in [-0.2, -0.15) is 11.8 Å². The summed E-state index contributed by atoms with van der Waals surface area (Å²) in [6.07, 6.45) is 7.46. The molecule has 4 heteroatoms. The third-order valence-corrected chi connectivity index (χ3v) is 4.51. The molecule has 1 atom stereocenters. The van der Waals surface area contributed by atoms with Crippen molar-refractivity contribution in [1.82, 2.24) is 4.98 Å². The van der Waals surface area contributed by atoms with Crippen LogP contribution in [0.3, 0.4) is 0 Å². The molecule has 3 nitrogen and oxygen atoms in total. The predicted octanol–water partition coefficient (Wildman–Crippen LogP) is 3.40. The molecular weight excluding hydrogens is 256 g/mol. The van der Waals surface area contributed by atoms with Crippen LogP contribution in [0.2, 0.25) is 0 Å². The molecule has 1 fully saturated rings.